The van der Waals surface area contributed by atoms with Crippen molar-refractivity contribution in [3.63, 3.8) is 0 Å². The second kappa shape index (κ2) is 5.29. The summed E-state index contributed by atoms with van der Waals surface area (Å²) < 4.78 is 5.52. The zero-order valence-corrected chi connectivity index (χ0v) is 8.82. The molecule has 0 aromatic carbocycles. The number of carbonyl (C=O) groups is 1. The molecule has 0 aromatic rings. The van der Waals surface area contributed by atoms with Crippen LogP contribution in [0.5, 0.6) is 0 Å². The van der Waals surface area contributed by atoms with Crippen LogP contribution in [0.3, 0.4) is 0 Å². The molecule has 5 heteroatoms. The third kappa shape index (κ3) is 3.61. The molecule has 0 spiro atoms. The number of primary amides is 1. The molecule has 82 valence electrons. The molecule has 14 heavy (non-hydrogen) atoms. The van der Waals surface area contributed by atoms with Gasteiger partial charge in [-0.2, -0.15) is 0 Å². The third-order valence-electron chi connectivity index (χ3n) is 2.42. The fourth-order valence-corrected chi connectivity index (χ4v) is 1.40. The molecule has 1 heterocycles. The van der Waals surface area contributed by atoms with E-state index in [-0.39, 0.29) is 18.1 Å². The van der Waals surface area contributed by atoms with Gasteiger partial charge >= 0.3 is 0 Å². The number of rotatable bonds is 4. The van der Waals surface area contributed by atoms with E-state index in [2.05, 4.69) is 17.3 Å². The van der Waals surface area contributed by atoms with Crippen LogP contribution in [0, 0.1) is 0 Å². The van der Waals surface area contributed by atoms with Crippen molar-refractivity contribution in [2.45, 2.75) is 19.1 Å². The molecule has 0 bridgehead atoms. The van der Waals surface area contributed by atoms with Gasteiger partial charge < -0.3 is 20.7 Å². The summed E-state index contributed by atoms with van der Waals surface area (Å²) in [7, 11) is 2.06. The highest BCUT2D eigenvalue weighted by molar-refractivity contribution is 5.79. The molecule has 0 aromatic heterocycles. The molecule has 0 saturated carbocycles. The minimum atomic E-state index is -0.325. The maximum atomic E-state index is 10.7. The van der Waals surface area contributed by atoms with Crippen molar-refractivity contribution in [2.24, 2.45) is 5.73 Å². The van der Waals surface area contributed by atoms with Gasteiger partial charge in [0.2, 0.25) is 5.91 Å². The second-order valence-electron chi connectivity index (χ2n) is 3.79. The van der Waals surface area contributed by atoms with Gasteiger partial charge in [-0.25, -0.2) is 0 Å². The molecule has 1 aliphatic heterocycles. The average molecular weight is 201 g/mol. The highest BCUT2D eigenvalue weighted by Crippen LogP contribution is 2.01. The molecule has 0 radical (unpaired) electrons. The smallest absolute Gasteiger partial charge is 0.234 e. The van der Waals surface area contributed by atoms with E-state index in [1.165, 1.54) is 0 Å². The van der Waals surface area contributed by atoms with E-state index in [1.54, 1.807) is 6.92 Å². The minimum Gasteiger partial charge on any atom is -0.374 e. The van der Waals surface area contributed by atoms with Crippen molar-refractivity contribution in [2.75, 3.05) is 33.3 Å². The van der Waals surface area contributed by atoms with Crippen molar-refractivity contribution < 1.29 is 9.53 Å². The van der Waals surface area contributed by atoms with Gasteiger partial charge in [0.15, 0.2) is 0 Å². The highest BCUT2D eigenvalue weighted by Gasteiger charge is 2.18. The minimum absolute atomic E-state index is 0.163. The number of nitrogens with one attached hydrogen (secondary N) is 1. The topological polar surface area (TPSA) is 67.6 Å². The quantitative estimate of drug-likeness (QED) is 0.598. The Kier molecular flexibility index (Phi) is 4.31. The van der Waals surface area contributed by atoms with Gasteiger partial charge in [0.05, 0.1) is 18.8 Å². The van der Waals surface area contributed by atoms with Crippen LogP contribution >= 0.6 is 0 Å². The average Bonchev–Trinajstić information content (AvgIpc) is 2.14. The molecule has 1 amide bonds. The van der Waals surface area contributed by atoms with Crippen LogP contribution in [0.2, 0.25) is 0 Å². The first-order valence-corrected chi connectivity index (χ1v) is 4.92. The number of hydrogen-bond donors (Lipinski definition) is 2. The predicted molar refractivity (Wildman–Crippen MR) is 53.9 cm³/mol. The Morgan fingerprint density at radius 3 is 3.07 bits per heavy atom. The largest absolute Gasteiger partial charge is 0.374 e. The first-order chi connectivity index (χ1) is 6.59. The SMILES string of the molecule is CC(NCC1CN(C)CCO1)C(N)=O. The lowest BCUT2D eigenvalue weighted by Gasteiger charge is -2.30. The molecule has 5 nitrogen and oxygen atoms in total. The van der Waals surface area contributed by atoms with Crippen LogP contribution in [0.15, 0.2) is 0 Å². The first kappa shape index (κ1) is 11.4. The molecule has 2 unspecified atom stereocenters. The second-order valence-corrected chi connectivity index (χ2v) is 3.79. The Balaban J connectivity index is 2.20. The summed E-state index contributed by atoms with van der Waals surface area (Å²) in [6, 6.07) is -0.286. The van der Waals surface area contributed by atoms with Crippen molar-refractivity contribution in [1.82, 2.24) is 10.2 Å². The van der Waals surface area contributed by atoms with Crippen molar-refractivity contribution in [3.8, 4) is 0 Å². The summed E-state index contributed by atoms with van der Waals surface area (Å²) in [5.74, 6) is -0.325. The number of hydrogen-bond acceptors (Lipinski definition) is 4. The maximum absolute atomic E-state index is 10.7. The van der Waals surface area contributed by atoms with E-state index in [4.69, 9.17) is 10.5 Å². The standard InChI is InChI=1S/C9H19N3O2/c1-7(9(10)13)11-5-8-6-12(2)3-4-14-8/h7-8,11H,3-6H2,1-2H3,(H2,10,13). The zero-order chi connectivity index (χ0) is 10.6. The van der Waals surface area contributed by atoms with Crippen molar-refractivity contribution >= 4 is 5.91 Å². The van der Waals surface area contributed by atoms with Crippen LogP contribution in [0.25, 0.3) is 0 Å². The van der Waals surface area contributed by atoms with E-state index in [0.717, 1.165) is 19.7 Å². The highest BCUT2D eigenvalue weighted by atomic mass is 16.5. The fourth-order valence-electron chi connectivity index (χ4n) is 1.40. The molecule has 1 fully saturated rings. The zero-order valence-electron chi connectivity index (χ0n) is 8.82. The van der Waals surface area contributed by atoms with Gasteiger partial charge in [0.25, 0.3) is 0 Å². The molecule has 0 aliphatic carbocycles. The van der Waals surface area contributed by atoms with Crippen LogP contribution in [0.1, 0.15) is 6.92 Å². The molecule has 2 atom stereocenters. The van der Waals surface area contributed by atoms with Gasteiger partial charge in [0, 0.05) is 19.6 Å². The number of ether oxygens (including phenoxy) is 1. The van der Waals surface area contributed by atoms with Gasteiger partial charge in [-0.15, -0.1) is 0 Å². The van der Waals surface area contributed by atoms with Crippen LogP contribution < -0.4 is 11.1 Å². The first-order valence-electron chi connectivity index (χ1n) is 4.92. The Morgan fingerprint density at radius 1 is 1.79 bits per heavy atom. The lowest BCUT2D eigenvalue weighted by molar-refractivity contribution is -0.119. The Hall–Kier alpha value is -0.650. The number of nitrogens with two attached hydrogens (primary N) is 1. The normalized spacial score (nSPS) is 26.0. The Labute approximate surface area is 84.6 Å². The Bertz CT molecular complexity index is 198. The van der Waals surface area contributed by atoms with Gasteiger partial charge in [-0.05, 0) is 14.0 Å². The summed E-state index contributed by atoms with van der Waals surface area (Å²) in [4.78, 5) is 13.0. The lowest BCUT2D eigenvalue weighted by atomic mass is 10.2. The van der Waals surface area contributed by atoms with Gasteiger partial charge in [0.1, 0.15) is 0 Å². The summed E-state index contributed by atoms with van der Waals surface area (Å²) in [6.45, 7) is 5.07. The van der Waals surface area contributed by atoms with Gasteiger partial charge in [-0.3, -0.25) is 4.79 Å². The predicted octanol–water partition coefficient (Wildman–Crippen LogP) is -1.22. The van der Waals surface area contributed by atoms with E-state index in [9.17, 15) is 4.79 Å². The van der Waals surface area contributed by atoms with E-state index >= 15 is 0 Å². The van der Waals surface area contributed by atoms with Crippen molar-refractivity contribution in [3.05, 3.63) is 0 Å². The monoisotopic (exact) mass is 201 g/mol. The van der Waals surface area contributed by atoms with E-state index in [0.29, 0.717) is 6.54 Å². The number of carbonyl (C=O) groups excluding carboxylic acids is 1. The summed E-state index contributed by atoms with van der Waals surface area (Å²) in [6.07, 6.45) is 0.163. The Morgan fingerprint density at radius 2 is 2.50 bits per heavy atom. The number of amides is 1. The molecular formula is C9H19N3O2. The number of morpholine rings is 1. The molecule has 3 N–H and O–H groups in total. The fraction of sp³-hybridized carbons (Fsp3) is 0.889. The molecular weight excluding hydrogens is 182 g/mol. The van der Waals surface area contributed by atoms with Crippen LogP contribution in [0.4, 0.5) is 0 Å². The molecule has 1 saturated heterocycles. The third-order valence-corrected chi connectivity index (χ3v) is 2.42. The summed E-state index contributed by atoms with van der Waals surface area (Å²) >= 11 is 0. The summed E-state index contributed by atoms with van der Waals surface area (Å²) in [5, 5.41) is 3.05. The number of nitrogens with zero attached hydrogens (tertiary/aromatic N) is 1. The van der Waals surface area contributed by atoms with Crippen LogP contribution in [-0.4, -0.2) is 56.2 Å². The summed E-state index contributed by atoms with van der Waals surface area (Å²) in [5.41, 5.74) is 5.13. The van der Waals surface area contributed by atoms with Crippen molar-refractivity contribution in [1.29, 1.82) is 0 Å². The molecule has 1 aliphatic rings. The van der Waals surface area contributed by atoms with E-state index in [1.807, 2.05) is 0 Å². The van der Waals surface area contributed by atoms with E-state index < -0.39 is 0 Å². The van der Waals surface area contributed by atoms with Gasteiger partial charge in [-0.1, -0.05) is 0 Å². The maximum Gasteiger partial charge on any atom is 0.234 e. The molecule has 1 rings (SSSR count). The number of likely N-dealkylation sites (N-methyl/N-ethyl adjacent to an activating group) is 1. The lowest BCUT2D eigenvalue weighted by Crippen LogP contribution is -2.48. The van der Waals surface area contributed by atoms with Crippen LogP contribution in [-0.2, 0) is 9.53 Å².